The first kappa shape index (κ1) is 20.9. The standard InChI is InChI=1S/C26H24N2O2S/c1-18-10-6-7-13-21(18)16-24-26(30)28(22-14-8-9-15-23(22)31-24)17-25(29)27-19(2)20-11-4-3-5-12-20/h3-16,19H,17H2,1-2H3,(H,27,29)/b24-16-. The molecule has 2 amide bonds. The molecule has 5 heteroatoms. The summed E-state index contributed by atoms with van der Waals surface area (Å²) in [6.45, 7) is 3.94. The number of amides is 2. The lowest BCUT2D eigenvalue weighted by Gasteiger charge is -2.30. The van der Waals surface area contributed by atoms with Gasteiger partial charge >= 0.3 is 0 Å². The van der Waals surface area contributed by atoms with Gasteiger partial charge in [-0.2, -0.15) is 0 Å². The van der Waals surface area contributed by atoms with Crippen LogP contribution in [0.3, 0.4) is 0 Å². The van der Waals surface area contributed by atoms with Gasteiger partial charge < -0.3 is 5.32 Å². The maximum atomic E-state index is 13.4. The van der Waals surface area contributed by atoms with E-state index in [4.69, 9.17) is 0 Å². The molecule has 4 rings (SSSR count). The molecular formula is C26H24N2O2S. The number of aryl methyl sites for hydroxylation is 1. The van der Waals surface area contributed by atoms with Gasteiger partial charge in [0.15, 0.2) is 0 Å². The van der Waals surface area contributed by atoms with Gasteiger partial charge in [-0.25, -0.2) is 0 Å². The summed E-state index contributed by atoms with van der Waals surface area (Å²) < 4.78 is 0. The molecule has 0 bridgehead atoms. The van der Waals surface area contributed by atoms with Gasteiger partial charge in [0.25, 0.3) is 5.91 Å². The van der Waals surface area contributed by atoms with Crippen molar-refractivity contribution in [2.24, 2.45) is 0 Å². The fourth-order valence-corrected chi connectivity index (χ4v) is 4.61. The fourth-order valence-electron chi connectivity index (χ4n) is 3.56. The second-order valence-electron chi connectivity index (χ2n) is 7.53. The monoisotopic (exact) mass is 428 g/mol. The molecule has 1 atom stereocenters. The summed E-state index contributed by atoms with van der Waals surface area (Å²) >= 11 is 1.45. The van der Waals surface area contributed by atoms with Crippen LogP contribution in [0.4, 0.5) is 5.69 Å². The minimum atomic E-state index is -0.193. The van der Waals surface area contributed by atoms with Crippen molar-refractivity contribution in [2.45, 2.75) is 24.8 Å². The van der Waals surface area contributed by atoms with E-state index in [9.17, 15) is 9.59 Å². The maximum Gasteiger partial charge on any atom is 0.265 e. The Labute approximate surface area is 187 Å². The highest BCUT2D eigenvalue weighted by atomic mass is 32.2. The average Bonchev–Trinajstić information content (AvgIpc) is 2.78. The molecular weight excluding hydrogens is 404 g/mol. The Morgan fingerprint density at radius 2 is 1.68 bits per heavy atom. The van der Waals surface area contributed by atoms with Crippen LogP contribution in [0.1, 0.15) is 29.7 Å². The van der Waals surface area contributed by atoms with E-state index < -0.39 is 0 Å². The van der Waals surface area contributed by atoms with Gasteiger partial charge in [0.2, 0.25) is 5.91 Å². The quantitative estimate of drug-likeness (QED) is 0.557. The van der Waals surface area contributed by atoms with Crippen LogP contribution < -0.4 is 10.2 Å². The normalized spacial score (nSPS) is 15.5. The number of nitrogens with zero attached hydrogens (tertiary/aromatic N) is 1. The lowest BCUT2D eigenvalue weighted by molar-refractivity contribution is -0.122. The number of hydrogen-bond acceptors (Lipinski definition) is 3. The number of rotatable bonds is 5. The lowest BCUT2D eigenvalue weighted by Crippen LogP contribution is -2.43. The number of anilines is 1. The van der Waals surface area contributed by atoms with Crippen molar-refractivity contribution in [1.82, 2.24) is 5.32 Å². The molecule has 0 aliphatic carbocycles. The van der Waals surface area contributed by atoms with Gasteiger partial charge in [0, 0.05) is 4.90 Å². The predicted molar refractivity (Wildman–Crippen MR) is 127 cm³/mol. The topological polar surface area (TPSA) is 49.4 Å². The molecule has 0 radical (unpaired) electrons. The Hall–Kier alpha value is -3.31. The van der Waals surface area contributed by atoms with E-state index >= 15 is 0 Å². The van der Waals surface area contributed by atoms with Crippen LogP contribution in [0.5, 0.6) is 0 Å². The summed E-state index contributed by atoms with van der Waals surface area (Å²) in [4.78, 5) is 29.3. The number of fused-ring (bicyclic) bond motifs is 1. The Bertz CT molecular complexity index is 1140. The van der Waals surface area contributed by atoms with E-state index in [0.29, 0.717) is 4.91 Å². The van der Waals surface area contributed by atoms with Crippen LogP contribution in [0.15, 0.2) is 88.7 Å². The van der Waals surface area contributed by atoms with Gasteiger partial charge in [0.1, 0.15) is 6.54 Å². The van der Waals surface area contributed by atoms with Gasteiger partial charge in [-0.3, -0.25) is 14.5 Å². The Balaban J connectivity index is 1.59. The largest absolute Gasteiger partial charge is 0.348 e. The molecule has 3 aromatic rings. The third-order valence-electron chi connectivity index (χ3n) is 5.29. The summed E-state index contributed by atoms with van der Waals surface area (Å²) in [7, 11) is 0. The highest BCUT2D eigenvalue weighted by Crippen LogP contribution is 2.42. The van der Waals surface area contributed by atoms with Crippen LogP contribution in [0, 0.1) is 6.92 Å². The van der Waals surface area contributed by atoms with Crippen LogP contribution in [-0.4, -0.2) is 18.4 Å². The minimum absolute atomic E-state index is 0.0291. The molecule has 1 N–H and O–H groups in total. The Morgan fingerprint density at radius 1 is 1.00 bits per heavy atom. The highest BCUT2D eigenvalue weighted by molar-refractivity contribution is 8.04. The first-order chi connectivity index (χ1) is 15.0. The summed E-state index contributed by atoms with van der Waals surface area (Å²) in [5, 5.41) is 3.01. The summed E-state index contributed by atoms with van der Waals surface area (Å²) in [6, 6.07) is 25.3. The van der Waals surface area contributed by atoms with Crippen molar-refractivity contribution in [1.29, 1.82) is 0 Å². The molecule has 1 unspecified atom stereocenters. The molecule has 0 saturated heterocycles. The molecule has 1 aliphatic rings. The van der Waals surface area contributed by atoms with Gasteiger partial charge in [-0.15, -0.1) is 0 Å². The number of para-hydroxylation sites is 1. The van der Waals surface area contributed by atoms with Gasteiger partial charge in [0.05, 0.1) is 16.6 Å². The number of thioether (sulfide) groups is 1. The van der Waals surface area contributed by atoms with Crippen LogP contribution >= 0.6 is 11.8 Å². The van der Waals surface area contributed by atoms with E-state index in [1.807, 2.05) is 98.8 Å². The number of carbonyl (C=O) groups excluding carboxylic acids is 2. The molecule has 0 fully saturated rings. The molecule has 156 valence electrons. The zero-order valence-corrected chi connectivity index (χ0v) is 18.4. The smallest absolute Gasteiger partial charge is 0.265 e. The third-order valence-corrected chi connectivity index (χ3v) is 6.36. The van der Waals surface area contributed by atoms with Crippen molar-refractivity contribution in [3.05, 3.63) is 100 Å². The van der Waals surface area contributed by atoms with Crippen LogP contribution in [0.25, 0.3) is 6.08 Å². The zero-order valence-electron chi connectivity index (χ0n) is 17.5. The lowest BCUT2D eigenvalue weighted by atomic mass is 10.1. The first-order valence-corrected chi connectivity index (χ1v) is 11.0. The van der Waals surface area contributed by atoms with Crippen molar-refractivity contribution >= 4 is 35.3 Å². The SMILES string of the molecule is Cc1ccccc1/C=C1\Sc2ccccc2N(CC(=O)NC(C)c2ccccc2)C1=O. The maximum absolute atomic E-state index is 13.4. The first-order valence-electron chi connectivity index (χ1n) is 10.2. The van der Waals surface area contributed by atoms with Crippen molar-refractivity contribution in [3.63, 3.8) is 0 Å². The van der Waals surface area contributed by atoms with E-state index in [-0.39, 0.29) is 24.4 Å². The third kappa shape index (κ3) is 4.72. The van der Waals surface area contributed by atoms with E-state index in [1.165, 1.54) is 11.8 Å². The van der Waals surface area contributed by atoms with Crippen molar-refractivity contribution in [2.75, 3.05) is 11.4 Å². The van der Waals surface area contributed by atoms with E-state index in [2.05, 4.69) is 5.32 Å². The molecule has 3 aromatic carbocycles. The minimum Gasteiger partial charge on any atom is -0.348 e. The highest BCUT2D eigenvalue weighted by Gasteiger charge is 2.30. The molecule has 1 heterocycles. The second-order valence-corrected chi connectivity index (χ2v) is 8.61. The summed E-state index contributed by atoms with van der Waals surface area (Å²) in [5.74, 6) is -0.351. The summed E-state index contributed by atoms with van der Waals surface area (Å²) in [5.41, 5.74) is 3.89. The average molecular weight is 429 g/mol. The summed E-state index contributed by atoms with van der Waals surface area (Å²) in [6.07, 6.45) is 1.91. The number of nitrogens with one attached hydrogen (secondary N) is 1. The van der Waals surface area contributed by atoms with Crippen LogP contribution in [0.2, 0.25) is 0 Å². The van der Waals surface area contributed by atoms with Gasteiger partial charge in [-0.05, 0) is 48.7 Å². The van der Waals surface area contributed by atoms with Gasteiger partial charge in [-0.1, -0.05) is 78.5 Å². The molecule has 0 spiro atoms. The molecule has 1 aliphatic heterocycles. The fraction of sp³-hybridized carbons (Fsp3) is 0.154. The molecule has 4 nitrogen and oxygen atoms in total. The number of benzene rings is 3. The molecule has 0 aromatic heterocycles. The van der Waals surface area contributed by atoms with Crippen molar-refractivity contribution < 1.29 is 9.59 Å². The predicted octanol–water partition coefficient (Wildman–Crippen LogP) is 5.35. The number of hydrogen-bond donors (Lipinski definition) is 1. The second kappa shape index (κ2) is 9.23. The zero-order chi connectivity index (χ0) is 21.8. The van der Waals surface area contributed by atoms with Crippen molar-refractivity contribution in [3.8, 4) is 0 Å². The van der Waals surface area contributed by atoms with Crippen LogP contribution in [-0.2, 0) is 9.59 Å². The number of carbonyl (C=O) groups is 2. The van der Waals surface area contributed by atoms with E-state index in [1.54, 1.807) is 4.90 Å². The van der Waals surface area contributed by atoms with E-state index in [0.717, 1.165) is 27.3 Å². The molecule has 0 saturated carbocycles. The molecule has 31 heavy (non-hydrogen) atoms. The Morgan fingerprint density at radius 3 is 2.45 bits per heavy atom. The Kier molecular flexibility index (Phi) is 6.23.